The van der Waals surface area contributed by atoms with Crippen LogP contribution in [-0.4, -0.2) is 30.1 Å². The average Bonchev–Trinajstić information content (AvgIpc) is 2.33. The molecule has 2 heteroatoms. The minimum atomic E-state index is 0.331. The van der Waals surface area contributed by atoms with Crippen LogP contribution in [0.1, 0.15) is 52.4 Å². The van der Waals surface area contributed by atoms with Crippen LogP contribution < -0.4 is 5.73 Å². The van der Waals surface area contributed by atoms with E-state index in [0.717, 1.165) is 18.4 Å². The SMILES string of the molecule is CC1CCC(C)C(CN)(N2CCCCC2)C1. The van der Waals surface area contributed by atoms with Gasteiger partial charge in [0.2, 0.25) is 0 Å². The summed E-state index contributed by atoms with van der Waals surface area (Å²) < 4.78 is 0. The van der Waals surface area contributed by atoms with E-state index < -0.39 is 0 Å². The molecule has 0 aromatic carbocycles. The highest BCUT2D eigenvalue weighted by Crippen LogP contribution is 2.41. The van der Waals surface area contributed by atoms with Crippen molar-refractivity contribution in [2.45, 2.75) is 57.9 Å². The minimum absolute atomic E-state index is 0.331. The van der Waals surface area contributed by atoms with Gasteiger partial charge in [-0.05, 0) is 50.6 Å². The van der Waals surface area contributed by atoms with Crippen molar-refractivity contribution in [1.82, 2.24) is 4.90 Å². The minimum Gasteiger partial charge on any atom is -0.329 e. The zero-order valence-corrected chi connectivity index (χ0v) is 11.0. The quantitative estimate of drug-likeness (QED) is 0.781. The van der Waals surface area contributed by atoms with Gasteiger partial charge in [0.1, 0.15) is 0 Å². The van der Waals surface area contributed by atoms with Gasteiger partial charge in [-0.15, -0.1) is 0 Å². The Morgan fingerprint density at radius 2 is 1.81 bits per heavy atom. The third-order valence-corrected chi connectivity index (χ3v) is 5.05. The standard InChI is InChI=1S/C14H28N2/c1-12-6-7-13(2)14(10-12,11-15)16-8-4-3-5-9-16/h12-13H,3-11,15H2,1-2H3. The summed E-state index contributed by atoms with van der Waals surface area (Å²) in [6, 6.07) is 0. The van der Waals surface area contributed by atoms with Crippen molar-refractivity contribution < 1.29 is 0 Å². The van der Waals surface area contributed by atoms with Gasteiger partial charge in [-0.25, -0.2) is 0 Å². The summed E-state index contributed by atoms with van der Waals surface area (Å²) >= 11 is 0. The Labute approximate surface area is 101 Å². The van der Waals surface area contributed by atoms with Gasteiger partial charge in [0.25, 0.3) is 0 Å². The van der Waals surface area contributed by atoms with Crippen LogP contribution in [0.2, 0.25) is 0 Å². The second-order valence-corrected chi connectivity index (χ2v) is 6.14. The van der Waals surface area contributed by atoms with Crippen LogP contribution in [0.15, 0.2) is 0 Å². The third-order valence-electron chi connectivity index (χ3n) is 5.05. The molecule has 0 bridgehead atoms. The van der Waals surface area contributed by atoms with Crippen LogP contribution in [0, 0.1) is 11.8 Å². The van der Waals surface area contributed by atoms with Crippen molar-refractivity contribution in [2.24, 2.45) is 17.6 Å². The number of hydrogen-bond acceptors (Lipinski definition) is 2. The lowest BCUT2D eigenvalue weighted by Crippen LogP contribution is -2.61. The first-order valence-electron chi connectivity index (χ1n) is 7.14. The van der Waals surface area contributed by atoms with Gasteiger partial charge in [0.15, 0.2) is 0 Å². The van der Waals surface area contributed by atoms with E-state index in [4.69, 9.17) is 5.73 Å². The van der Waals surface area contributed by atoms with E-state index in [1.807, 2.05) is 0 Å². The first-order valence-corrected chi connectivity index (χ1v) is 7.14. The highest BCUT2D eigenvalue weighted by Gasteiger charge is 2.44. The van der Waals surface area contributed by atoms with Crippen molar-refractivity contribution in [3.63, 3.8) is 0 Å². The maximum absolute atomic E-state index is 6.18. The molecule has 1 aliphatic heterocycles. The molecule has 2 aliphatic rings. The molecule has 1 saturated carbocycles. The summed E-state index contributed by atoms with van der Waals surface area (Å²) in [5.74, 6) is 1.65. The van der Waals surface area contributed by atoms with Gasteiger partial charge in [0.05, 0.1) is 0 Å². The van der Waals surface area contributed by atoms with Crippen LogP contribution in [0.5, 0.6) is 0 Å². The number of piperidine rings is 1. The van der Waals surface area contributed by atoms with E-state index in [9.17, 15) is 0 Å². The summed E-state index contributed by atoms with van der Waals surface area (Å²) in [6.45, 7) is 8.26. The predicted octanol–water partition coefficient (Wildman–Crippen LogP) is 2.63. The summed E-state index contributed by atoms with van der Waals surface area (Å²) in [6.07, 6.45) is 8.27. The van der Waals surface area contributed by atoms with E-state index in [2.05, 4.69) is 18.7 Å². The van der Waals surface area contributed by atoms with Crippen LogP contribution >= 0.6 is 0 Å². The van der Waals surface area contributed by atoms with E-state index in [0.29, 0.717) is 5.54 Å². The second kappa shape index (κ2) is 5.05. The van der Waals surface area contributed by atoms with E-state index in [1.165, 1.54) is 51.6 Å². The Morgan fingerprint density at radius 3 is 2.44 bits per heavy atom. The Morgan fingerprint density at radius 1 is 1.12 bits per heavy atom. The van der Waals surface area contributed by atoms with E-state index >= 15 is 0 Å². The van der Waals surface area contributed by atoms with Crippen molar-refractivity contribution in [2.75, 3.05) is 19.6 Å². The van der Waals surface area contributed by atoms with Gasteiger partial charge in [-0.2, -0.15) is 0 Å². The van der Waals surface area contributed by atoms with Crippen molar-refractivity contribution in [3.05, 3.63) is 0 Å². The number of likely N-dealkylation sites (tertiary alicyclic amines) is 1. The fourth-order valence-corrected chi connectivity index (χ4v) is 3.90. The molecule has 3 atom stereocenters. The zero-order valence-electron chi connectivity index (χ0n) is 11.0. The first-order chi connectivity index (χ1) is 7.69. The Hall–Kier alpha value is -0.0800. The summed E-state index contributed by atoms with van der Waals surface area (Å²) in [5, 5.41) is 0. The third kappa shape index (κ3) is 2.14. The van der Waals surface area contributed by atoms with E-state index in [-0.39, 0.29) is 0 Å². The van der Waals surface area contributed by atoms with Crippen LogP contribution in [0.25, 0.3) is 0 Å². The van der Waals surface area contributed by atoms with Crippen LogP contribution in [-0.2, 0) is 0 Å². The molecule has 2 rings (SSSR count). The molecule has 2 N–H and O–H groups in total. The predicted molar refractivity (Wildman–Crippen MR) is 69.4 cm³/mol. The summed E-state index contributed by atoms with van der Waals surface area (Å²) in [5.41, 5.74) is 6.51. The summed E-state index contributed by atoms with van der Waals surface area (Å²) in [4.78, 5) is 2.73. The molecule has 0 radical (unpaired) electrons. The molecule has 16 heavy (non-hydrogen) atoms. The molecular weight excluding hydrogens is 196 g/mol. The number of nitrogens with zero attached hydrogens (tertiary/aromatic N) is 1. The molecule has 2 fully saturated rings. The Kier molecular flexibility index (Phi) is 3.91. The molecule has 2 nitrogen and oxygen atoms in total. The molecule has 0 aromatic heterocycles. The number of hydrogen-bond donors (Lipinski definition) is 1. The molecule has 1 saturated heterocycles. The van der Waals surface area contributed by atoms with Gasteiger partial charge >= 0.3 is 0 Å². The Bertz CT molecular complexity index is 223. The van der Waals surface area contributed by atoms with Crippen LogP contribution in [0.4, 0.5) is 0 Å². The van der Waals surface area contributed by atoms with Gasteiger partial charge < -0.3 is 5.73 Å². The zero-order chi connectivity index (χ0) is 11.6. The smallest absolute Gasteiger partial charge is 0.0359 e. The molecule has 94 valence electrons. The number of rotatable bonds is 2. The van der Waals surface area contributed by atoms with Crippen molar-refractivity contribution >= 4 is 0 Å². The highest BCUT2D eigenvalue weighted by atomic mass is 15.2. The van der Waals surface area contributed by atoms with E-state index in [1.54, 1.807) is 0 Å². The lowest BCUT2D eigenvalue weighted by Gasteiger charge is -2.53. The maximum Gasteiger partial charge on any atom is 0.0359 e. The van der Waals surface area contributed by atoms with Gasteiger partial charge in [-0.1, -0.05) is 26.7 Å². The van der Waals surface area contributed by atoms with Crippen LogP contribution in [0.3, 0.4) is 0 Å². The molecular formula is C14H28N2. The monoisotopic (exact) mass is 224 g/mol. The molecule has 0 spiro atoms. The summed E-state index contributed by atoms with van der Waals surface area (Å²) in [7, 11) is 0. The molecule has 1 heterocycles. The topological polar surface area (TPSA) is 29.3 Å². The molecule has 3 unspecified atom stereocenters. The fourth-order valence-electron chi connectivity index (χ4n) is 3.90. The molecule has 0 aromatic rings. The number of nitrogens with two attached hydrogens (primary N) is 1. The average molecular weight is 224 g/mol. The second-order valence-electron chi connectivity index (χ2n) is 6.14. The van der Waals surface area contributed by atoms with Gasteiger partial charge in [-0.3, -0.25) is 4.90 Å². The van der Waals surface area contributed by atoms with Crippen molar-refractivity contribution in [1.29, 1.82) is 0 Å². The molecule has 0 amide bonds. The Balaban J connectivity index is 2.14. The normalized spacial score (nSPS) is 42.2. The largest absolute Gasteiger partial charge is 0.329 e. The molecule has 1 aliphatic carbocycles. The lowest BCUT2D eigenvalue weighted by atomic mass is 9.68. The highest BCUT2D eigenvalue weighted by molar-refractivity contribution is 5.00. The first kappa shape index (κ1) is 12.4. The van der Waals surface area contributed by atoms with Gasteiger partial charge in [0, 0.05) is 12.1 Å². The maximum atomic E-state index is 6.18. The fraction of sp³-hybridized carbons (Fsp3) is 1.00. The lowest BCUT2D eigenvalue weighted by molar-refractivity contribution is -0.0151. The van der Waals surface area contributed by atoms with Crippen molar-refractivity contribution in [3.8, 4) is 0 Å².